The molecule has 0 saturated carbocycles. The summed E-state index contributed by atoms with van der Waals surface area (Å²) in [5.41, 5.74) is 0. The van der Waals surface area contributed by atoms with Gasteiger partial charge in [-0.05, 0) is 45.8 Å². The lowest BCUT2D eigenvalue weighted by Gasteiger charge is -2.34. The van der Waals surface area contributed by atoms with E-state index < -0.39 is 10.2 Å². The highest BCUT2D eigenvalue weighted by molar-refractivity contribution is 7.86. The average Bonchev–Trinajstić information content (AvgIpc) is 2.43. The molecule has 0 atom stereocenters. The summed E-state index contributed by atoms with van der Waals surface area (Å²) in [5.74, 6) is 0.255. The van der Waals surface area contributed by atoms with E-state index in [9.17, 15) is 8.42 Å². The van der Waals surface area contributed by atoms with Gasteiger partial charge in [-0.1, -0.05) is 6.92 Å². The van der Waals surface area contributed by atoms with E-state index in [0.29, 0.717) is 26.2 Å². The van der Waals surface area contributed by atoms with Crippen LogP contribution in [0.3, 0.4) is 0 Å². The Kier molecular flexibility index (Phi) is 7.39. The quantitative estimate of drug-likeness (QED) is 0.696. The molecule has 1 fully saturated rings. The van der Waals surface area contributed by atoms with Crippen molar-refractivity contribution >= 4 is 10.2 Å². The van der Waals surface area contributed by atoms with E-state index in [1.54, 1.807) is 8.61 Å². The molecule has 6 nitrogen and oxygen atoms in total. The fourth-order valence-corrected chi connectivity index (χ4v) is 4.17. The van der Waals surface area contributed by atoms with Crippen LogP contribution in [-0.4, -0.2) is 80.5 Å². The molecule has 0 amide bonds. The maximum absolute atomic E-state index is 12.6. The third-order valence-electron chi connectivity index (χ3n) is 3.85. The molecule has 0 radical (unpaired) electrons. The van der Waals surface area contributed by atoms with Gasteiger partial charge in [-0.15, -0.1) is 0 Å². The van der Waals surface area contributed by atoms with Crippen LogP contribution < -0.4 is 0 Å². The van der Waals surface area contributed by atoms with Crippen LogP contribution in [0.15, 0.2) is 0 Å². The smallest absolute Gasteiger partial charge is 0.281 e. The molecule has 120 valence electrons. The zero-order valence-corrected chi connectivity index (χ0v) is 13.8. The number of piperidine rings is 1. The van der Waals surface area contributed by atoms with Crippen LogP contribution >= 0.6 is 0 Å². The second kappa shape index (κ2) is 8.29. The number of rotatable bonds is 8. The molecular weight excluding hydrogens is 278 g/mol. The highest BCUT2D eigenvalue weighted by atomic mass is 32.2. The number of nitrogens with zero attached hydrogens (tertiary/aromatic N) is 3. The van der Waals surface area contributed by atoms with Gasteiger partial charge in [0.25, 0.3) is 10.2 Å². The van der Waals surface area contributed by atoms with Crippen LogP contribution in [0.5, 0.6) is 0 Å². The number of aliphatic hydroxyl groups is 1. The van der Waals surface area contributed by atoms with Crippen molar-refractivity contribution in [3.05, 3.63) is 0 Å². The lowest BCUT2D eigenvalue weighted by molar-refractivity contribution is 0.166. The van der Waals surface area contributed by atoms with Crippen LogP contribution in [0, 0.1) is 5.92 Å². The van der Waals surface area contributed by atoms with Crippen molar-refractivity contribution in [3.63, 3.8) is 0 Å². The van der Waals surface area contributed by atoms with Crippen molar-refractivity contribution in [3.8, 4) is 0 Å². The SMILES string of the molecule is CCN(CCCN(C)C)S(=O)(=O)N1CCC(CO)CC1. The van der Waals surface area contributed by atoms with E-state index in [0.717, 1.165) is 25.8 Å². The molecule has 0 aliphatic carbocycles. The van der Waals surface area contributed by atoms with Gasteiger partial charge in [0.05, 0.1) is 0 Å². The maximum Gasteiger partial charge on any atom is 0.281 e. The number of aliphatic hydroxyl groups excluding tert-OH is 1. The predicted octanol–water partition coefficient (Wildman–Crippen LogP) is 0.209. The summed E-state index contributed by atoms with van der Waals surface area (Å²) in [5, 5.41) is 9.12. The van der Waals surface area contributed by atoms with Crippen LogP contribution in [0.1, 0.15) is 26.2 Å². The molecule has 0 aromatic heterocycles. The number of hydrogen-bond donors (Lipinski definition) is 1. The van der Waals surface area contributed by atoms with Crippen molar-refractivity contribution < 1.29 is 13.5 Å². The molecular formula is C13H29N3O3S. The van der Waals surface area contributed by atoms with Gasteiger partial charge in [0.1, 0.15) is 0 Å². The van der Waals surface area contributed by atoms with E-state index in [1.165, 1.54) is 0 Å². The Morgan fingerprint density at radius 3 is 2.25 bits per heavy atom. The van der Waals surface area contributed by atoms with Gasteiger partial charge in [-0.3, -0.25) is 0 Å². The summed E-state index contributed by atoms with van der Waals surface area (Å²) in [6.45, 7) is 5.06. The maximum atomic E-state index is 12.6. The minimum atomic E-state index is -3.34. The van der Waals surface area contributed by atoms with Crippen LogP contribution in [0.25, 0.3) is 0 Å². The number of hydrogen-bond acceptors (Lipinski definition) is 4. The predicted molar refractivity (Wildman–Crippen MR) is 80.7 cm³/mol. The molecule has 1 heterocycles. The summed E-state index contributed by atoms with van der Waals surface area (Å²) in [7, 11) is 0.644. The first kappa shape index (κ1) is 17.8. The van der Waals surface area contributed by atoms with Gasteiger partial charge in [0.2, 0.25) is 0 Å². The second-order valence-electron chi connectivity index (χ2n) is 5.68. The van der Waals surface area contributed by atoms with Gasteiger partial charge in [-0.2, -0.15) is 17.0 Å². The molecule has 7 heteroatoms. The van der Waals surface area contributed by atoms with E-state index in [4.69, 9.17) is 5.11 Å². The Morgan fingerprint density at radius 2 is 1.80 bits per heavy atom. The van der Waals surface area contributed by atoms with E-state index in [-0.39, 0.29) is 12.5 Å². The summed E-state index contributed by atoms with van der Waals surface area (Å²) in [6.07, 6.45) is 2.35. The van der Waals surface area contributed by atoms with Crippen molar-refractivity contribution in [1.82, 2.24) is 13.5 Å². The van der Waals surface area contributed by atoms with Crippen molar-refractivity contribution in [1.29, 1.82) is 0 Å². The largest absolute Gasteiger partial charge is 0.396 e. The third-order valence-corrected chi connectivity index (χ3v) is 5.96. The molecule has 1 N–H and O–H groups in total. The summed E-state index contributed by atoms with van der Waals surface area (Å²) in [6, 6.07) is 0. The van der Waals surface area contributed by atoms with E-state index in [2.05, 4.69) is 4.90 Å². The second-order valence-corrected chi connectivity index (χ2v) is 7.61. The topological polar surface area (TPSA) is 64.1 Å². The zero-order chi connectivity index (χ0) is 15.2. The third kappa shape index (κ3) is 4.96. The van der Waals surface area contributed by atoms with Crippen LogP contribution in [0.2, 0.25) is 0 Å². The molecule has 1 aliphatic heterocycles. The van der Waals surface area contributed by atoms with Crippen LogP contribution in [0.4, 0.5) is 0 Å². The monoisotopic (exact) mass is 307 g/mol. The van der Waals surface area contributed by atoms with Crippen molar-refractivity contribution in [2.24, 2.45) is 5.92 Å². The van der Waals surface area contributed by atoms with E-state index in [1.807, 2.05) is 21.0 Å². The lowest BCUT2D eigenvalue weighted by atomic mass is 10.00. The highest BCUT2D eigenvalue weighted by Gasteiger charge is 2.31. The fourth-order valence-electron chi connectivity index (χ4n) is 2.49. The van der Waals surface area contributed by atoms with Crippen molar-refractivity contribution in [2.75, 3.05) is 53.4 Å². The molecule has 1 saturated heterocycles. The molecule has 0 aromatic rings. The molecule has 1 rings (SSSR count). The van der Waals surface area contributed by atoms with Gasteiger partial charge in [-0.25, -0.2) is 0 Å². The summed E-state index contributed by atoms with van der Waals surface area (Å²) in [4.78, 5) is 2.06. The first-order chi connectivity index (χ1) is 9.41. The molecule has 0 spiro atoms. The normalized spacial score (nSPS) is 19.1. The minimum Gasteiger partial charge on any atom is -0.396 e. The Morgan fingerprint density at radius 1 is 1.20 bits per heavy atom. The fraction of sp³-hybridized carbons (Fsp3) is 1.00. The molecule has 0 unspecified atom stereocenters. The molecule has 0 aromatic carbocycles. The summed E-state index contributed by atoms with van der Waals surface area (Å²) >= 11 is 0. The Bertz CT molecular complexity index is 365. The standard InChI is InChI=1S/C13H29N3O3S/c1-4-15(9-5-8-14(2)3)20(18,19)16-10-6-13(12-17)7-11-16/h13,17H,4-12H2,1-3H3. The lowest BCUT2D eigenvalue weighted by Crippen LogP contribution is -2.48. The van der Waals surface area contributed by atoms with Gasteiger partial charge >= 0.3 is 0 Å². The van der Waals surface area contributed by atoms with E-state index >= 15 is 0 Å². The van der Waals surface area contributed by atoms with Crippen LogP contribution in [-0.2, 0) is 10.2 Å². The molecule has 1 aliphatic rings. The van der Waals surface area contributed by atoms with Gasteiger partial charge < -0.3 is 10.0 Å². The minimum absolute atomic E-state index is 0.161. The Balaban J connectivity index is 2.56. The first-order valence-corrected chi connectivity index (χ1v) is 8.82. The summed E-state index contributed by atoms with van der Waals surface area (Å²) < 4.78 is 28.3. The Labute approximate surface area is 123 Å². The van der Waals surface area contributed by atoms with Gasteiger partial charge in [0, 0.05) is 32.8 Å². The molecule has 20 heavy (non-hydrogen) atoms. The molecule has 0 bridgehead atoms. The van der Waals surface area contributed by atoms with Gasteiger partial charge in [0.15, 0.2) is 0 Å². The highest BCUT2D eigenvalue weighted by Crippen LogP contribution is 2.21. The Hall–Kier alpha value is -0.210. The first-order valence-electron chi connectivity index (χ1n) is 7.42. The van der Waals surface area contributed by atoms with Crippen molar-refractivity contribution in [2.45, 2.75) is 26.2 Å². The average molecular weight is 307 g/mol. The zero-order valence-electron chi connectivity index (χ0n) is 13.0.